The Labute approximate surface area is 91.8 Å². The van der Waals surface area contributed by atoms with Crippen molar-refractivity contribution in [3.63, 3.8) is 0 Å². The molecule has 0 aromatic carbocycles. The van der Waals surface area contributed by atoms with Crippen LogP contribution in [0.4, 0.5) is 0 Å². The molecule has 2 nitrogen and oxygen atoms in total. The molecule has 0 radical (unpaired) electrons. The summed E-state index contributed by atoms with van der Waals surface area (Å²) in [6, 6.07) is 0.521. The van der Waals surface area contributed by atoms with Crippen molar-refractivity contribution in [1.82, 2.24) is 5.32 Å². The van der Waals surface area contributed by atoms with Crippen LogP contribution in [0.2, 0.25) is 0 Å². The molecule has 0 aromatic heterocycles. The highest BCUT2D eigenvalue weighted by Crippen LogP contribution is 2.43. The van der Waals surface area contributed by atoms with Crippen LogP contribution in [0.5, 0.6) is 0 Å². The Balaban J connectivity index is 1.75. The van der Waals surface area contributed by atoms with Gasteiger partial charge in [-0.2, -0.15) is 0 Å². The summed E-state index contributed by atoms with van der Waals surface area (Å²) >= 11 is 0. The first-order chi connectivity index (χ1) is 7.29. The Bertz CT molecular complexity index is 272. The molecule has 1 unspecified atom stereocenters. The third-order valence-corrected chi connectivity index (χ3v) is 4.68. The van der Waals surface area contributed by atoms with Crippen LogP contribution in [0.1, 0.15) is 39.0 Å². The SMILES string of the molecule is CC[C@H]1C[C@H]2CN[C@@H]1C(C(=O)C1CC1)C2. The van der Waals surface area contributed by atoms with Gasteiger partial charge in [0, 0.05) is 17.9 Å². The minimum Gasteiger partial charge on any atom is -0.313 e. The molecule has 4 rings (SSSR count). The van der Waals surface area contributed by atoms with Gasteiger partial charge in [-0.1, -0.05) is 13.3 Å². The molecule has 0 spiro atoms. The van der Waals surface area contributed by atoms with E-state index < -0.39 is 0 Å². The molecule has 2 bridgehead atoms. The van der Waals surface area contributed by atoms with Gasteiger partial charge >= 0.3 is 0 Å². The highest BCUT2D eigenvalue weighted by molar-refractivity contribution is 5.86. The van der Waals surface area contributed by atoms with E-state index >= 15 is 0 Å². The van der Waals surface area contributed by atoms with Gasteiger partial charge in [0.1, 0.15) is 5.78 Å². The lowest BCUT2D eigenvalue weighted by Gasteiger charge is -2.47. The van der Waals surface area contributed by atoms with Gasteiger partial charge in [0.05, 0.1) is 0 Å². The Morgan fingerprint density at radius 3 is 2.73 bits per heavy atom. The van der Waals surface area contributed by atoms with Crippen molar-refractivity contribution in [2.75, 3.05) is 6.54 Å². The number of fused-ring (bicyclic) bond motifs is 3. The molecule has 2 aliphatic heterocycles. The van der Waals surface area contributed by atoms with E-state index in [2.05, 4.69) is 12.2 Å². The summed E-state index contributed by atoms with van der Waals surface area (Å²) < 4.78 is 0. The quantitative estimate of drug-likeness (QED) is 0.767. The van der Waals surface area contributed by atoms with Gasteiger partial charge in [0.2, 0.25) is 0 Å². The number of ketones is 1. The minimum atomic E-state index is 0.370. The van der Waals surface area contributed by atoms with Gasteiger partial charge < -0.3 is 5.32 Å². The molecule has 2 aliphatic carbocycles. The van der Waals surface area contributed by atoms with Crippen molar-refractivity contribution in [3.05, 3.63) is 0 Å². The van der Waals surface area contributed by atoms with Crippen molar-refractivity contribution < 1.29 is 4.79 Å². The maximum Gasteiger partial charge on any atom is 0.140 e. The van der Waals surface area contributed by atoms with Crippen molar-refractivity contribution in [3.8, 4) is 0 Å². The van der Waals surface area contributed by atoms with Crippen LogP contribution in [-0.2, 0) is 4.79 Å². The summed E-state index contributed by atoms with van der Waals surface area (Å²) in [6.07, 6.45) is 6.13. The maximum absolute atomic E-state index is 12.2. The topological polar surface area (TPSA) is 29.1 Å². The van der Waals surface area contributed by atoms with Crippen LogP contribution in [0.15, 0.2) is 0 Å². The maximum atomic E-state index is 12.2. The number of hydrogen-bond acceptors (Lipinski definition) is 2. The summed E-state index contributed by atoms with van der Waals surface area (Å²) in [5, 5.41) is 3.61. The third-order valence-electron chi connectivity index (χ3n) is 4.68. The summed E-state index contributed by atoms with van der Waals surface area (Å²) in [4.78, 5) is 12.2. The van der Waals surface area contributed by atoms with E-state index in [1.54, 1.807) is 0 Å². The van der Waals surface area contributed by atoms with Crippen LogP contribution in [0.25, 0.3) is 0 Å². The van der Waals surface area contributed by atoms with Crippen molar-refractivity contribution in [2.24, 2.45) is 23.7 Å². The van der Waals surface area contributed by atoms with Gasteiger partial charge in [-0.3, -0.25) is 4.79 Å². The van der Waals surface area contributed by atoms with Crippen molar-refractivity contribution in [2.45, 2.75) is 45.1 Å². The third kappa shape index (κ3) is 1.63. The standard InChI is InChI=1S/C13H21NO/c1-2-9-5-8-6-11(12(9)14-7-8)13(15)10-3-4-10/h8-12,14H,2-7H2,1H3/t8-,9+,11?,12+/m1/s1. The van der Waals surface area contributed by atoms with E-state index in [1.807, 2.05) is 0 Å². The predicted molar refractivity (Wildman–Crippen MR) is 59.5 cm³/mol. The first-order valence-corrected chi connectivity index (χ1v) is 6.56. The fourth-order valence-electron chi connectivity index (χ4n) is 3.67. The largest absolute Gasteiger partial charge is 0.313 e. The Morgan fingerprint density at radius 1 is 1.33 bits per heavy atom. The normalized spacial score (nSPS) is 44.3. The molecule has 0 aromatic rings. The predicted octanol–water partition coefficient (Wildman–Crippen LogP) is 1.99. The molecule has 0 amide bonds. The van der Waals surface area contributed by atoms with Crippen molar-refractivity contribution >= 4 is 5.78 Å². The van der Waals surface area contributed by atoms with Crippen LogP contribution < -0.4 is 5.32 Å². The zero-order valence-electron chi connectivity index (χ0n) is 9.54. The van der Waals surface area contributed by atoms with Crippen LogP contribution >= 0.6 is 0 Å². The molecular weight excluding hydrogens is 186 g/mol. The van der Waals surface area contributed by atoms with E-state index in [0.717, 1.165) is 18.4 Å². The number of carbonyl (C=O) groups is 1. The lowest BCUT2D eigenvalue weighted by molar-refractivity contribution is -0.129. The monoisotopic (exact) mass is 207 g/mol. The number of Topliss-reactive ketones (excluding diaryl/α,β-unsaturated/α-hetero) is 1. The lowest BCUT2D eigenvalue weighted by Crippen LogP contribution is -2.57. The van der Waals surface area contributed by atoms with Crippen LogP contribution in [0.3, 0.4) is 0 Å². The van der Waals surface area contributed by atoms with Crippen LogP contribution in [-0.4, -0.2) is 18.4 Å². The molecule has 15 heavy (non-hydrogen) atoms. The van der Waals surface area contributed by atoms with Gasteiger partial charge in [-0.05, 0) is 44.1 Å². The van der Waals surface area contributed by atoms with E-state index in [1.165, 1.54) is 32.1 Å². The Hall–Kier alpha value is -0.370. The molecule has 4 aliphatic rings. The average molecular weight is 207 g/mol. The number of hydrogen-bond donors (Lipinski definition) is 1. The number of piperidine rings is 2. The molecule has 1 N–H and O–H groups in total. The second kappa shape index (κ2) is 3.58. The second-order valence-electron chi connectivity index (χ2n) is 5.72. The summed E-state index contributed by atoms with van der Waals surface area (Å²) in [5.41, 5.74) is 0. The molecule has 2 heterocycles. The molecule has 2 saturated carbocycles. The zero-order chi connectivity index (χ0) is 10.4. The Kier molecular flexibility index (Phi) is 2.35. The highest BCUT2D eigenvalue weighted by Gasteiger charge is 2.47. The van der Waals surface area contributed by atoms with E-state index in [4.69, 9.17) is 0 Å². The first-order valence-electron chi connectivity index (χ1n) is 6.56. The van der Waals surface area contributed by atoms with Gasteiger partial charge in [-0.25, -0.2) is 0 Å². The van der Waals surface area contributed by atoms with Gasteiger partial charge in [0.15, 0.2) is 0 Å². The highest BCUT2D eigenvalue weighted by atomic mass is 16.1. The molecule has 84 valence electrons. The zero-order valence-corrected chi connectivity index (χ0v) is 9.54. The molecule has 4 fully saturated rings. The summed E-state index contributed by atoms with van der Waals surface area (Å²) in [5.74, 6) is 2.97. The van der Waals surface area contributed by atoms with E-state index in [-0.39, 0.29) is 0 Å². The Morgan fingerprint density at radius 2 is 2.13 bits per heavy atom. The molecular formula is C13H21NO. The summed E-state index contributed by atoms with van der Waals surface area (Å²) in [6.45, 7) is 3.43. The van der Waals surface area contributed by atoms with Crippen molar-refractivity contribution in [1.29, 1.82) is 0 Å². The fraction of sp³-hybridized carbons (Fsp3) is 0.923. The van der Waals surface area contributed by atoms with E-state index in [0.29, 0.717) is 23.7 Å². The van der Waals surface area contributed by atoms with Gasteiger partial charge in [0.25, 0.3) is 0 Å². The van der Waals surface area contributed by atoms with Crippen LogP contribution in [0, 0.1) is 23.7 Å². The first kappa shape index (κ1) is 9.83. The number of nitrogens with one attached hydrogen (secondary N) is 1. The fourth-order valence-corrected chi connectivity index (χ4v) is 3.67. The molecule has 2 heteroatoms. The smallest absolute Gasteiger partial charge is 0.140 e. The second-order valence-corrected chi connectivity index (χ2v) is 5.72. The van der Waals surface area contributed by atoms with Gasteiger partial charge in [-0.15, -0.1) is 0 Å². The molecule has 2 saturated heterocycles. The van der Waals surface area contributed by atoms with E-state index in [9.17, 15) is 4.79 Å². The average Bonchev–Trinajstić information content (AvgIpc) is 3.12. The number of carbonyl (C=O) groups excluding carboxylic acids is 1. The molecule has 4 atom stereocenters. The lowest BCUT2D eigenvalue weighted by atomic mass is 9.65. The number of rotatable bonds is 3. The summed E-state index contributed by atoms with van der Waals surface area (Å²) in [7, 11) is 0. The minimum absolute atomic E-state index is 0.370.